The van der Waals surface area contributed by atoms with Crippen molar-refractivity contribution in [2.45, 2.75) is 13.8 Å². The molecule has 1 aromatic rings. The topological polar surface area (TPSA) is 37.4 Å². The Morgan fingerprint density at radius 2 is 1.55 bits per heavy atom. The van der Waals surface area contributed by atoms with Crippen molar-refractivity contribution in [3.8, 4) is 0 Å². The van der Waals surface area contributed by atoms with Gasteiger partial charge in [0.2, 0.25) is 11.8 Å². The van der Waals surface area contributed by atoms with Crippen molar-refractivity contribution in [1.82, 2.24) is 0 Å². The highest BCUT2D eigenvalue weighted by Gasteiger charge is 2.62. The predicted molar refractivity (Wildman–Crippen MR) is 93.1 cm³/mol. The van der Waals surface area contributed by atoms with Crippen LogP contribution in [0.5, 0.6) is 0 Å². The summed E-state index contributed by atoms with van der Waals surface area (Å²) in [5.74, 6) is -0.248. The molecule has 2 bridgehead atoms. The second-order valence-corrected chi connectivity index (χ2v) is 7.57. The number of hydrogen-bond donors (Lipinski definition) is 0. The number of imide groups is 1. The van der Waals surface area contributed by atoms with Crippen molar-refractivity contribution in [3.63, 3.8) is 0 Å². The van der Waals surface area contributed by atoms with Gasteiger partial charge >= 0.3 is 0 Å². The maximum Gasteiger partial charge on any atom is 0.238 e. The number of benzene rings is 1. The van der Waals surface area contributed by atoms with Crippen LogP contribution in [0.1, 0.15) is 13.8 Å². The summed E-state index contributed by atoms with van der Waals surface area (Å²) in [6.45, 7) is 4.16. The molecular weight excluding hydrogens is 389 g/mol. The van der Waals surface area contributed by atoms with Crippen LogP contribution in [0.15, 0.2) is 47.6 Å². The molecule has 2 amide bonds. The molecule has 0 spiro atoms. The lowest BCUT2D eigenvalue weighted by atomic mass is 9.85. The van der Waals surface area contributed by atoms with E-state index in [1.807, 2.05) is 24.3 Å². The number of halogens is 1. The van der Waals surface area contributed by atoms with Gasteiger partial charge < -0.3 is 0 Å². The van der Waals surface area contributed by atoms with E-state index >= 15 is 0 Å². The minimum absolute atomic E-state index is 0.0327. The number of carbonyl (C=O) groups excluding carboxylic acids is 2. The van der Waals surface area contributed by atoms with Gasteiger partial charge in [0.05, 0.1) is 17.5 Å². The molecule has 1 saturated carbocycles. The summed E-state index contributed by atoms with van der Waals surface area (Å²) < 4.78 is 0.935. The van der Waals surface area contributed by atoms with Crippen LogP contribution in [-0.2, 0) is 9.59 Å². The minimum atomic E-state index is -0.205. The number of fused-ring (bicyclic) bond motifs is 5. The Bertz CT molecular complexity index is 726. The number of nitrogens with zero attached hydrogens (tertiary/aromatic N) is 1. The summed E-state index contributed by atoms with van der Waals surface area (Å²) in [5.41, 5.74) is 3.26. The molecule has 0 aromatic heterocycles. The van der Waals surface area contributed by atoms with Gasteiger partial charge in [0, 0.05) is 15.4 Å². The molecule has 1 aliphatic heterocycles. The van der Waals surface area contributed by atoms with Gasteiger partial charge in [-0.1, -0.05) is 35.4 Å². The van der Waals surface area contributed by atoms with Crippen molar-refractivity contribution in [2.75, 3.05) is 4.90 Å². The van der Waals surface area contributed by atoms with E-state index in [0.717, 1.165) is 9.26 Å². The van der Waals surface area contributed by atoms with Gasteiger partial charge in [0.15, 0.2) is 0 Å². The summed E-state index contributed by atoms with van der Waals surface area (Å²) in [6.07, 6.45) is 4.25. The van der Waals surface area contributed by atoms with Crippen LogP contribution in [0.3, 0.4) is 0 Å². The second-order valence-electron chi connectivity index (χ2n) is 6.41. The van der Waals surface area contributed by atoms with E-state index in [-0.39, 0.29) is 35.5 Å². The van der Waals surface area contributed by atoms with Gasteiger partial charge in [-0.15, -0.1) is 0 Å². The number of amides is 2. The molecule has 4 rings (SSSR count). The van der Waals surface area contributed by atoms with Gasteiger partial charge in [-0.3, -0.25) is 9.59 Å². The maximum absolute atomic E-state index is 13.0. The van der Waals surface area contributed by atoms with E-state index < -0.39 is 0 Å². The van der Waals surface area contributed by atoms with E-state index in [2.05, 4.69) is 48.6 Å². The molecule has 0 unspecified atom stereocenters. The number of carbonyl (C=O) groups is 2. The van der Waals surface area contributed by atoms with Gasteiger partial charge in [-0.25, -0.2) is 4.90 Å². The molecular formula is C18H16INO2. The van der Waals surface area contributed by atoms with E-state index in [4.69, 9.17) is 0 Å². The lowest BCUT2D eigenvalue weighted by molar-refractivity contribution is -0.122. The Kier molecular flexibility index (Phi) is 3.08. The highest BCUT2D eigenvalue weighted by atomic mass is 127. The van der Waals surface area contributed by atoms with Gasteiger partial charge in [0.1, 0.15) is 0 Å². The largest absolute Gasteiger partial charge is 0.274 e. The number of rotatable bonds is 1. The molecule has 112 valence electrons. The summed E-state index contributed by atoms with van der Waals surface area (Å²) in [7, 11) is 0. The second kappa shape index (κ2) is 4.78. The van der Waals surface area contributed by atoms with E-state index in [1.165, 1.54) is 16.0 Å². The SMILES string of the molecule is CC(C)=C1[C@H]2C=C[C@@H]1[C@H]1C(=O)N(c3ccccc3I)C(=O)[C@@H]12. The van der Waals surface area contributed by atoms with Crippen LogP contribution >= 0.6 is 22.6 Å². The molecule has 3 aliphatic rings. The highest BCUT2D eigenvalue weighted by molar-refractivity contribution is 14.1. The number of hydrogen-bond acceptors (Lipinski definition) is 2. The van der Waals surface area contributed by atoms with Crippen LogP contribution in [0.4, 0.5) is 5.69 Å². The lowest BCUT2D eigenvalue weighted by Crippen LogP contribution is -2.33. The molecule has 2 aliphatic carbocycles. The third kappa shape index (κ3) is 1.67. The highest BCUT2D eigenvalue weighted by Crippen LogP contribution is 2.57. The molecule has 0 radical (unpaired) electrons. The van der Waals surface area contributed by atoms with Gasteiger partial charge in [0.25, 0.3) is 0 Å². The fraction of sp³-hybridized carbons (Fsp3) is 0.333. The van der Waals surface area contributed by atoms with Crippen molar-refractivity contribution in [3.05, 3.63) is 51.1 Å². The predicted octanol–water partition coefficient (Wildman–Crippen LogP) is 3.55. The average Bonchev–Trinajstić information content (AvgIpc) is 3.11. The third-order valence-electron chi connectivity index (χ3n) is 5.09. The van der Waals surface area contributed by atoms with E-state index in [9.17, 15) is 9.59 Å². The average molecular weight is 405 g/mol. The Balaban J connectivity index is 1.80. The first-order valence-electron chi connectivity index (χ1n) is 7.50. The summed E-state index contributed by atoms with van der Waals surface area (Å²) in [5, 5.41) is 0. The van der Waals surface area contributed by atoms with Crippen molar-refractivity contribution in [2.24, 2.45) is 23.7 Å². The molecule has 4 heteroatoms. The van der Waals surface area contributed by atoms with E-state index in [0.29, 0.717) is 0 Å². The van der Waals surface area contributed by atoms with Crippen molar-refractivity contribution >= 4 is 40.1 Å². The first kappa shape index (κ1) is 14.2. The third-order valence-corrected chi connectivity index (χ3v) is 6.00. The monoisotopic (exact) mass is 405 g/mol. The number of para-hydroxylation sites is 1. The molecule has 4 atom stereocenters. The number of anilines is 1. The summed E-state index contributed by atoms with van der Waals surface area (Å²) in [6, 6.07) is 7.58. The zero-order valence-electron chi connectivity index (χ0n) is 12.4. The molecule has 1 saturated heterocycles. The van der Waals surface area contributed by atoms with E-state index in [1.54, 1.807) is 0 Å². The fourth-order valence-electron chi connectivity index (χ4n) is 4.30. The van der Waals surface area contributed by atoms with Crippen molar-refractivity contribution in [1.29, 1.82) is 0 Å². The Hall–Kier alpha value is -1.43. The zero-order valence-corrected chi connectivity index (χ0v) is 14.6. The first-order valence-corrected chi connectivity index (χ1v) is 8.58. The normalized spacial score (nSPS) is 32.1. The molecule has 0 N–H and O–H groups in total. The van der Waals surface area contributed by atoms with Crippen LogP contribution in [0.25, 0.3) is 0 Å². The van der Waals surface area contributed by atoms with Crippen LogP contribution in [-0.4, -0.2) is 11.8 Å². The molecule has 1 heterocycles. The fourth-order valence-corrected chi connectivity index (χ4v) is 4.93. The van der Waals surface area contributed by atoms with Crippen LogP contribution < -0.4 is 4.90 Å². The smallest absolute Gasteiger partial charge is 0.238 e. The van der Waals surface area contributed by atoms with Gasteiger partial charge in [-0.2, -0.15) is 0 Å². The van der Waals surface area contributed by atoms with Crippen LogP contribution in [0, 0.1) is 27.2 Å². The first-order chi connectivity index (χ1) is 10.5. The molecule has 22 heavy (non-hydrogen) atoms. The maximum atomic E-state index is 13.0. The standard InChI is InChI=1S/C18H16INO2/c1-9(2)14-10-7-8-11(14)16-15(10)17(21)20(18(16)22)13-6-4-3-5-12(13)19/h3-8,10-11,15-16H,1-2H3/t10-,11+,15-,16-/m1/s1. The van der Waals surface area contributed by atoms with Crippen LogP contribution in [0.2, 0.25) is 0 Å². The summed E-state index contributed by atoms with van der Waals surface area (Å²) >= 11 is 2.18. The lowest BCUT2D eigenvalue weighted by Gasteiger charge is -2.20. The Morgan fingerprint density at radius 1 is 1.00 bits per heavy atom. The van der Waals surface area contributed by atoms with Crippen molar-refractivity contribution < 1.29 is 9.59 Å². The quantitative estimate of drug-likeness (QED) is 0.407. The number of allylic oxidation sites excluding steroid dienone is 4. The Labute approximate surface area is 143 Å². The molecule has 3 nitrogen and oxygen atoms in total. The minimum Gasteiger partial charge on any atom is -0.274 e. The molecule has 1 aromatic carbocycles. The zero-order chi connectivity index (χ0) is 15.6. The summed E-state index contributed by atoms with van der Waals surface area (Å²) in [4.78, 5) is 27.3. The van der Waals surface area contributed by atoms with Gasteiger partial charge in [-0.05, 0) is 48.6 Å². The Morgan fingerprint density at radius 3 is 2.05 bits per heavy atom. The molecule has 2 fully saturated rings.